The molecule has 0 spiro atoms. The van der Waals surface area contributed by atoms with Crippen molar-refractivity contribution < 1.29 is 28.7 Å². The Balaban J connectivity index is 1.44. The predicted molar refractivity (Wildman–Crippen MR) is 170 cm³/mol. The maximum atomic E-state index is 13.2. The summed E-state index contributed by atoms with van der Waals surface area (Å²) in [5, 5.41) is 3.18. The highest BCUT2D eigenvalue weighted by Gasteiger charge is 2.25. The summed E-state index contributed by atoms with van der Waals surface area (Å²) in [6, 6.07) is 19.1. The minimum Gasteiger partial charge on any atom is -0.445 e. The van der Waals surface area contributed by atoms with Crippen LogP contribution in [0.2, 0.25) is 0 Å². The van der Waals surface area contributed by atoms with Crippen molar-refractivity contribution >= 4 is 24.0 Å². The number of nitrogens with zero attached hydrogens (tertiary/aromatic N) is 4. The maximum Gasteiger partial charge on any atom is 0.410 e. The van der Waals surface area contributed by atoms with E-state index in [2.05, 4.69) is 5.32 Å². The number of amides is 4. The number of hydrogen-bond acceptors (Lipinski definition) is 7. The normalized spacial score (nSPS) is 17.5. The minimum atomic E-state index is -0.475. The summed E-state index contributed by atoms with van der Waals surface area (Å²) in [6.45, 7) is 4.38. The molecule has 4 amide bonds. The van der Waals surface area contributed by atoms with Gasteiger partial charge in [-0.3, -0.25) is 14.5 Å². The van der Waals surface area contributed by atoms with Gasteiger partial charge in [0.05, 0.1) is 6.54 Å². The SMILES string of the molecule is CC(=O)N1CCN(C(=O)OCc2ccccc2)CCN(CC(=O)NC2CCCCC2)CCN(C(=O)OCc2ccccc2)CC1. The van der Waals surface area contributed by atoms with Gasteiger partial charge < -0.3 is 29.5 Å². The number of carbonyl (C=O) groups excluding carboxylic acids is 4. The van der Waals surface area contributed by atoms with E-state index in [9.17, 15) is 19.2 Å². The number of hydrogen-bond donors (Lipinski definition) is 1. The molecule has 1 aliphatic heterocycles. The molecule has 4 rings (SSSR count). The summed E-state index contributed by atoms with van der Waals surface area (Å²) in [4.78, 5) is 58.9. The van der Waals surface area contributed by atoms with Crippen LogP contribution >= 0.6 is 0 Å². The highest BCUT2D eigenvalue weighted by Crippen LogP contribution is 2.17. The molecule has 0 bridgehead atoms. The third-order valence-electron chi connectivity index (χ3n) is 8.36. The second-order valence-corrected chi connectivity index (χ2v) is 11.7. The molecule has 0 unspecified atom stereocenters. The average Bonchev–Trinajstić information content (AvgIpc) is 3.05. The van der Waals surface area contributed by atoms with Crippen LogP contribution in [0, 0.1) is 0 Å². The van der Waals surface area contributed by atoms with E-state index in [1.54, 1.807) is 14.7 Å². The summed E-state index contributed by atoms with van der Waals surface area (Å²) < 4.78 is 11.3. The van der Waals surface area contributed by atoms with Crippen LogP contribution in [0.1, 0.15) is 50.2 Å². The first-order chi connectivity index (χ1) is 21.9. The lowest BCUT2D eigenvalue weighted by Gasteiger charge is -2.33. The zero-order chi connectivity index (χ0) is 31.9. The van der Waals surface area contributed by atoms with Crippen molar-refractivity contribution in [3.63, 3.8) is 0 Å². The Morgan fingerprint density at radius 1 is 0.644 bits per heavy atom. The van der Waals surface area contributed by atoms with E-state index in [1.165, 1.54) is 13.3 Å². The monoisotopic (exact) mass is 621 g/mol. The smallest absolute Gasteiger partial charge is 0.410 e. The lowest BCUT2D eigenvalue weighted by Crippen LogP contribution is -2.51. The van der Waals surface area contributed by atoms with Crippen molar-refractivity contribution in [3.05, 3.63) is 71.8 Å². The fourth-order valence-corrected chi connectivity index (χ4v) is 5.64. The van der Waals surface area contributed by atoms with Crippen LogP contribution in [-0.4, -0.2) is 109 Å². The highest BCUT2D eigenvalue weighted by molar-refractivity contribution is 5.78. The topological polar surface area (TPSA) is 112 Å². The molecule has 2 fully saturated rings. The Morgan fingerprint density at radius 3 is 1.56 bits per heavy atom. The molecule has 1 N–H and O–H groups in total. The molecule has 2 aromatic rings. The second-order valence-electron chi connectivity index (χ2n) is 11.7. The van der Waals surface area contributed by atoms with Gasteiger partial charge in [0.15, 0.2) is 0 Å². The van der Waals surface area contributed by atoms with Crippen LogP contribution in [-0.2, 0) is 32.3 Å². The van der Waals surface area contributed by atoms with Crippen molar-refractivity contribution in [3.8, 4) is 0 Å². The van der Waals surface area contributed by atoms with Crippen molar-refractivity contribution in [2.24, 2.45) is 0 Å². The van der Waals surface area contributed by atoms with Gasteiger partial charge in [-0.25, -0.2) is 9.59 Å². The summed E-state index contributed by atoms with van der Waals surface area (Å²) in [5.41, 5.74) is 1.76. The molecule has 2 aliphatic rings. The zero-order valence-corrected chi connectivity index (χ0v) is 26.4. The number of nitrogens with one attached hydrogen (secondary N) is 1. The molecule has 0 radical (unpaired) electrons. The van der Waals surface area contributed by atoms with E-state index < -0.39 is 12.2 Å². The van der Waals surface area contributed by atoms with E-state index >= 15 is 0 Å². The molecular weight excluding hydrogens is 574 g/mol. The molecule has 0 aromatic heterocycles. The quantitative estimate of drug-likeness (QED) is 0.500. The number of carbonyl (C=O) groups is 4. The summed E-state index contributed by atoms with van der Waals surface area (Å²) in [6.07, 6.45) is 4.46. The van der Waals surface area contributed by atoms with Gasteiger partial charge >= 0.3 is 12.2 Å². The van der Waals surface area contributed by atoms with Gasteiger partial charge in [-0.2, -0.15) is 0 Å². The summed E-state index contributed by atoms with van der Waals surface area (Å²) in [7, 11) is 0. The van der Waals surface area contributed by atoms with Gasteiger partial charge in [0, 0.05) is 65.3 Å². The van der Waals surface area contributed by atoms with Gasteiger partial charge in [-0.15, -0.1) is 0 Å². The zero-order valence-electron chi connectivity index (χ0n) is 26.4. The van der Waals surface area contributed by atoms with Crippen molar-refractivity contribution in [2.75, 3.05) is 58.9 Å². The summed E-state index contributed by atoms with van der Waals surface area (Å²) >= 11 is 0. The van der Waals surface area contributed by atoms with Crippen LogP contribution in [0.25, 0.3) is 0 Å². The Kier molecular flexibility index (Phi) is 13.5. The lowest BCUT2D eigenvalue weighted by atomic mass is 9.95. The van der Waals surface area contributed by atoms with Gasteiger partial charge in [-0.1, -0.05) is 79.9 Å². The van der Waals surface area contributed by atoms with E-state index in [4.69, 9.17) is 9.47 Å². The Labute approximate surface area is 266 Å². The van der Waals surface area contributed by atoms with Crippen LogP contribution in [0.4, 0.5) is 9.59 Å². The largest absolute Gasteiger partial charge is 0.445 e. The molecule has 11 heteroatoms. The van der Waals surface area contributed by atoms with Crippen LogP contribution < -0.4 is 5.32 Å². The third-order valence-corrected chi connectivity index (χ3v) is 8.36. The molecule has 45 heavy (non-hydrogen) atoms. The van der Waals surface area contributed by atoms with Gasteiger partial charge in [0.1, 0.15) is 13.2 Å². The first kappa shape index (κ1) is 33.8. The van der Waals surface area contributed by atoms with Gasteiger partial charge in [0.2, 0.25) is 11.8 Å². The first-order valence-electron chi connectivity index (χ1n) is 16.1. The molecular formula is C34H47N5O6. The van der Waals surface area contributed by atoms with Crippen molar-refractivity contribution in [2.45, 2.75) is 58.3 Å². The molecule has 11 nitrogen and oxygen atoms in total. The second kappa shape index (κ2) is 18.0. The van der Waals surface area contributed by atoms with Crippen LogP contribution in [0.3, 0.4) is 0 Å². The molecule has 244 valence electrons. The summed E-state index contributed by atoms with van der Waals surface area (Å²) in [5.74, 6) is -0.212. The molecule has 1 saturated carbocycles. The maximum absolute atomic E-state index is 13.2. The third kappa shape index (κ3) is 11.7. The fourth-order valence-electron chi connectivity index (χ4n) is 5.64. The van der Waals surface area contributed by atoms with Gasteiger partial charge in [0.25, 0.3) is 0 Å². The molecule has 1 aliphatic carbocycles. The van der Waals surface area contributed by atoms with Crippen LogP contribution in [0.15, 0.2) is 60.7 Å². The van der Waals surface area contributed by atoms with E-state index in [-0.39, 0.29) is 63.8 Å². The standard InChI is InChI=1S/C34H47N5O6/c1-28(40)37-21-23-38(33(42)44-26-29-11-5-2-6-12-29)19-17-36(25-32(41)35-31-15-9-4-10-16-31)18-20-39(24-22-37)34(43)45-27-30-13-7-3-8-14-30/h2-3,5-8,11-14,31H,4,9-10,15-27H2,1H3,(H,35,41). The highest BCUT2D eigenvalue weighted by atomic mass is 16.6. The van der Waals surface area contributed by atoms with E-state index in [1.807, 2.05) is 65.6 Å². The van der Waals surface area contributed by atoms with E-state index in [0.29, 0.717) is 26.2 Å². The minimum absolute atomic E-state index is 0.0619. The molecule has 1 heterocycles. The Bertz CT molecular complexity index is 1150. The van der Waals surface area contributed by atoms with Crippen molar-refractivity contribution in [1.82, 2.24) is 24.9 Å². The number of ether oxygens (including phenoxy) is 2. The van der Waals surface area contributed by atoms with Gasteiger partial charge in [-0.05, 0) is 24.0 Å². The predicted octanol–water partition coefficient (Wildman–Crippen LogP) is 3.88. The van der Waals surface area contributed by atoms with Crippen molar-refractivity contribution in [1.29, 1.82) is 0 Å². The Hall–Kier alpha value is -4.12. The fraction of sp³-hybridized carbons (Fsp3) is 0.529. The van der Waals surface area contributed by atoms with Crippen LogP contribution in [0.5, 0.6) is 0 Å². The first-order valence-corrected chi connectivity index (χ1v) is 16.1. The van der Waals surface area contributed by atoms with E-state index in [0.717, 1.165) is 36.8 Å². The molecule has 1 saturated heterocycles. The average molecular weight is 622 g/mol. The lowest BCUT2D eigenvalue weighted by molar-refractivity contribution is -0.129. The molecule has 0 atom stereocenters. The molecule has 2 aromatic carbocycles. The number of rotatable bonds is 7. The number of benzene rings is 2. The Morgan fingerprint density at radius 2 is 1.09 bits per heavy atom.